The van der Waals surface area contributed by atoms with Crippen molar-refractivity contribution in [3.63, 3.8) is 0 Å². The predicted octanol–water partition coefficient (Wildman–Crippen LogP) is 3.36. The van der Waals surface area contributed by atoms with Crippen molar-refractivity contribution in [2.45, 2.75) is 30.0 Å². The van der Waals surface area contributed by atoms with Crippen LogP contribution in [-0.4, -0.2) is 51.2 Å². The summed E-state index contributed by atoms with van der Waals surface area (Å²) in [5, 5.41) is 15.3. The van der Waals surface area contributed by atoms with Gasteiger partial charge in [0.1, 0.15) is 11.4 Å². The summed E-state index contributed by atoms with van der Waals surface area (Å²) >= 11 is 2.55. The molecule has 2 unspecified atom stereocenters. The Morgan fingerprint density at radius 2 is 1.62 bits per heavy atom. The van der Waals surface area contributed by atoms with Crippen molar-refractivity contribution in [2.24, 2.45) is 0 Å². The molecule has 1 saturated heterocycles. The molecule has 5 rings (SSSR count). The van der Waals surface area contributed by atoms with E-state index in [4.69, 9.17) is 4.74 Å². The van der Waals surface area contributed by atoms with Gasteiger partial charge < -0.3 is 20.1 Å². The Balaban J connectivity index is 1.34. The maximum absolute atomic E-state index is 13.3. The molecule has 0 saturated carbocycles. The molecule has 37 heavy (non-hydrogen) atoms. The number of carbonyl (C=O) groups excluding carboxylic acids is 3. The molecule has 1 fully saturated rings. The molecule has 8 nitrogen and oxygen atoms in total. The van der Waals surface area contributed by atoms with E-state index in [1.54, 1.807) is 0 Å². The number of carbonyl (C=O) groups is 4. The van der Waals surface area contributed by atoms with E-state index in [9.17, 15) is 24.3 Å². The number of thiophene rings is 1. The lowest BCUT2D eigenvalue weighted by molar-refractivity contribution is -0.162. The Bertz CT molecular complexity index is 1300. The highest BCUT2D eigenvalue weighted by molar-refractivity contribution is 8.03. The Labute approximate surface area is 220 Å². The molecule has 10 heteroatoms. The van der Waals surface area contributed by atoms with Crippen molar-refractivity contribution in [3.8, 4) is 0 Å². The molecule has 0 radical (unpaired) electrons. The lowest BCUT2D eigenvalue weighted by atomic mass is 9.97. The van der Waals surface area contributed by atoms with E-state index < -0.39 is 41.4 Å². The van der Waals surface area contributed by atoms with Gasteiger partial charge in [0, 0.05) is 4.88 Å². The van der Waals surface area contributed by atoms with Crippen LogP contribution in [0.1, 0.15) is 22.1 Å². The lowest BCUT2D eigenvalue weighted by Crippen LogP contribution is -2.74. The van der Waals surface area contributed by atoms with Gasteiger partial charge in [-0.1, -0.05) is 66.7 Å². The zero-order valence-electron chi connectivity index (χ0n) is 19.4. The van der Waals surface area contributed by atoms with Crippen LogP contribution in [0.3, 0.4) is 0 Å². The summed E-state index contributed by atoms with van der Waals surface area (Å²) in [6.07, 6.45) is -0.626. The molecule has 1 aromatic heterocycles. The van der Waals surface area contributed by atoms with Crippen molar-refractivity contribution < 1.29 is 29.0 Å². The van der Waals surface area contributed by atoms with E-state index in [-0.39, 0.29) is 17.9 Å². The van der Waals surface area contributed by atoms with Crippen molar-refractivity contribution >= 4 is 46.9 Å². The average Bonchev–Trinajstić information content (AvgIpc) is 3.43. The normalized spacial score (nSPS) is 20.5. The Hall–Kier alpha value is -3.89. The minimum atomic E-state index is -1.51. The van der Waals surface area contributed by atoms with Gasteiger partial charge in [-0.25, -0.2) is 9.59 Å². The van der Waals surface area contributed by atoms with Crippen LogP contribution in [0.5, 0.6) is 0 Å². The Morgan fingerprint density at radius 1 is 0.973 bits per heavy atom. The van der Waals surface area contributed by atoms with Gasteiger partial charge >= 0.3 is 11.9 Å². The maximum Gasteiger partial charge on any atom is 0.338 e. The molecule has 188 valence electrons. The lowest BCUT2D eigenvalue weighted by Gasteiger charge is -2.51. The average molecular weight is 535 g/mol. The van der Waals surface area contributed by atoms with Gasteiger partial charge in [0.25, 0.3) is 0 Å². The first-order chi connectivity index (χ1) is 17.9. The smallest absolute Gasteiger partial charge is 0.338 e. The standard InChI is InChI=1S/C27H22N2O6S2/c30-20(14-18-12-7-13-36-18)28-21-24(31)29-22(26(32)33)19(15-37-25(21)29)27(34)35-23(16-8-3-1-4-9-16)17-10-5-2-6-11-17/h1-13,15,21-23,25H,14H2,(H,28,30)(H,32,33)/t21?,22?,25-/m1/s1. The minimum Gasteiger partial charge on any atom is -0.479 e. The summed E-state index contributed by atoms with van der Waals surface area (Å²) in [6, 6.07) is 19.6. The van der Waals surface area contributed by atoms with Gasteiger partial charge in [0.15, 0.2) is 12.1 Å². The van der Waals surface area contributed by atoms with E-state index in [1.807, 2.05) is 78.2 Å². The van der Waals surface area contributed by atoms with Gasteiger partial charge in [-0.15, -0.1) is 23.1 Å². The fourth-order valence-electron chi connectivity index (χ4n) is 4.36. The van der Waals surface area contributed by atoms with Crippen LogP contribution >= 0.6 is 23.1 Å². The molecule has 0 spiro atoms. The molecule has 2 aliphatic rings. The summed E-state index contributed by atoms with van der Waals surface area (Å²) in [6.45, 7) is 0. The fourth-order valence-corrected chi connectivity index (χ4v) is 6.27. The van der Waals surface area contributed by atoms with Crippen LogP contribution in [-0.2, 0) is 30.3 Å². The number of esters is 1. The number of hydrogen-bond acceptors (Lipinski definition) is 7. The van der Waals surface area contributed by atoms with Crippen molar-refractivity contribution in [1.82, 2.24) is 10.2 Å². The molecule has 3 aromatic rings. The molecule has 0 aliphatic carbocycles. The number of rotatable bonds is 8. The fraction of sp³-hybridized carbons (Fsp3) is 0.185. The van der Waals surface area contributed by atoms with Gasteiger partial charge in [0.2, 0.25) is 11.8 Å². The molecule has 3 atom stereocenters. The van der Waals surface area contributed by atoms with Gasteiger partial charge in [-0.05, 0) is 28.0 Å². The van der Waals surface area contributed by atoms with Crippen molar-refractivity contribution in [3.05, 3.63) is 105 Å². The van der Waals surface area contributed by atoms with Gasteiger partial charge in [-0.3, -0.25) is 9.59 Å². The third-order valence-electron chi connectivity index (χ3n) is 6.12. The number of ether oxygens (including phenoxy) is 1. The van der Waals surface area contributed by atoms with Crippen LogP contribution in [0.2, 0.25) is 0 Å². The van der Waals surface area contributed by atoms with E-state index in [0.717, 1.165) is 32.7 Å². The first-order valence-corrected chi connectivity index (χ1v) is 13.3. The number of hydrogen-bond donors (Lipinski definition) is 2. The number of nitrogens with one attached hydrogen (secondary N) is 1. The van der Waals surface area contributed by atoms with Crippen molar-refractivity contribution in [2.75, 3.05) is 0 Å². The molecular weight excluding hydrogens is 512 g/mol. The van der Waals surface area contributed by atoms with Gasteiger partial charge in [-0.2, -0.15) is 0 Å². The van der Waals surface area contributed by atoms with Crippen LogP contribution in [0, 0.1) is 0 Å². The number of aliphatic carboxylic acids is 1. The highest BCUT2D eigenvalue weighted by Crippen LogP contribution is 2.41. The summed E-state index contributed by atoms with van der Waals surface area (Å²) in [7, 11) is 0. The topological polar surface area (TPSA) is 113 Å². The number of carboxylic acids is 1. The molecule has 3 heterocycles. The predicted molar refractivity (Wildman–Crippen MR) is 139 cm³/mol. The number of carboxylic acid groups (broad SMARTS) is 1. The number of amides is 2. The highest BCUT2D eigenvalue weighted by Gasteiger charge is 2.57. The zero-order valence-corrected chi connectivity index (χ0v) is 21.0. The quantitative estimate of drug-likeness (QED) is 0.337. The Morgan fingerprint density at radius 3 is 2.19 bits per heavy atom. The van der Waals surface area contributed by atoms with Gasteiger partial charge in [0.05, 0.1) is 12.0 Å². The number of fused-ring (bicyclic) bond motifs is 1. The van der Waals surface area contributed by atoms with Crippen LogP contribution in [0.25, 0.3) is 0 Å². The molecule has 2 aliphatic heterocycles. The third-order valence-corrected chi connectivity index (χ3v) is 8.16. The van der Waals surface area contributed by atoms with Crippen LogP contribution in [0.4, 0.5) is 0 Å². The summed E-state index contributed by atoms with van der Waals surface area (Å²) in [5.41, 5.74) is 1.32. The summed E-state index contributed by atoms with van der Waals surface area (Å²) < 4.78 is 5.85. The Kier molecular flexibility index (Phi) is 7.11. The number of benzene rings is 2. The van der Waals surface area contributed by atoms with Crippen LogP contribution < -0.4 is 5.32 Å². The monoisotopic (exact) mass is 534 g/mol. The second-order valence-electron chi connectivity index (χ2n) is 8.49. The second-order valence-corrected chi connectivity index (χ2v) is 10.5. The summed E-state index contributed by atoms with van der Waals surface area (Å²) in [4.78, 5) is 52.9. The van der Waals surface area contributed by atoms with E-state index in [1.165, 1.54) is 16.7 Å². The first-order valence-electron chi connectivity index (χ1n) is 11.5. The largest absolute Gasteiger partial charge is 0.479 e. The van der Waals surface area contributed by atoms with Crippen molar-refractivity contribution in [1.29, 1.82) is 0 Å². The minimum absolute atomic E-state index is 0.134. The van der Waals surface area contributed by atoms with E-state index in [0.29, 0.717) is 0 Å². The molecule has 2 aromatic carbocycles. The molecule has 2 amide bonds. The zero-order chi connectivity index (χ0) is 25.9. The summed E-state index contributed by atoms with van der Waals surface area (Å²) in [5.74, 6) is -3.05. The van der Waals surface area contributed by atoms with E-state index in [2.05, 4.69) is 5.32 Å². The number of thioether (sulfide) groups is 1. The first kappa shape index (κ1) is 24.8. The molecule has 2 N–H and O–H groups in total. The second kappa shape index (κ2) is 10.6. The van der Waals surface area contributed by atoms with Crippen LogP contribution in [0.15, 0.2) is 89.2 Å². The molecule has 0 bridgehead atoms. The van der Waals surface area contributed by atoms with E-state index >= 15 is 0 Å². The highest BCUT2D eigenvalue weighted by atomic mass is 32.2. The third kappa shape index (κ3) is 5.03. The molecular formula is C27H22N2O6S2. The number of β-lactam (4-membered cyclic amide) rings is 1. The maximum atomic E-state index is 13.3. The number of nitrogens with zero attached hydrogens (tertiary/aromatic N) is 1. The SMILES string of the molecule is O=C(Cc1cccs1)NC1C(=O)N2C(C(=O)O)C(C(=O)OC(c3ccccc3)c3ccccc3)=CS[C@H]12.